The topological polar surface area (TPSA) is 78.9 Å². The Kier molecular flexibility index (Phi) is 50.8. The van der Waals surface area contributed by atoms with Gasteiger partial charge < -0.3 is 14.2 Å². The largest absolute Gasteiger partial charge is 0.462 e. The Balaban J connectivity index is 4.09. The summed E-state index contributed by atoms with van der Waals surface area (Å²) in [4.78, 5) is 37.7. The van der Waals surface area contributed by atoms with Gasteiger partial charge in [0.05, 0.1) is 0 Å². The van der Waals surface area contributed by atoms with Crippen LogP contribution in [0.3, 0.4) is 0 Å². The van der Waals surface area contributed by atoms with E-state index >= 15 is 0 Å². The molecule has 0 amide bonds. The van der Waals surface area contributed by atoms with E-state index in [9.17, 15) is 14.4 Å². The maximum atomic E-state index is 12.8. The van der Waals surface area contributed by atoms with Crippen LogP contribution in [0.15, 0.2) is 24.3 Å². The minimum Gasteiger partial charge on any atom is -0.462 e. The molecule has 6 heteroatoms. The Morgan fingerprint density at radius 3 is 0.794 bits per heavy atom. The van der Waals surface area contributed by atoms with Crippen molar-refractivity contribution < 1.29 is 28.6 Å². The fourth-order valence-corrected chi connectivity index (χ4v) is 8.20. The number of rotatable bonds is 51. The van der Waals surface area contributed by atoms with Crippen molar-refractivity contribution in [3.63, 3.8) is 0 Å². The van der Waals surface area contributed by atoms with Crippen molar-refractivity contribution in [2.45, 2.75) is 309 Å². The summed E-state index contributed by atoms with van der Waals surface area (Å²) in [6, 6.07) is 0. The third-order valence-corrected chi connectivity index (χ3v) is 12.4. The lowest BCUT2D eigenvalue weighted by Gasteiger charge is -2.18. The molecule has 1 atom stereocenters. The Morgan fingerprint density at radius 2 is 0.524 bits per heavy atom. The van der Waals surface area contributed by atoms with E-state index in [0.717, 1.165) is 64.2 Å². The molecular formula is C57H106O6. The number of hydrogen-bond donors (Lipinski definition) is 0. The number of hydrogen-bond acceptors (Lipinski definition) is 6. The summed E-state index contributed by atoms with van der Waals surface area (Å²) in [5.74, 6) is -0.874. The van der Waals surface area contributed by atoms with Crippen LogP contribution < -0.4 is 0 Å². The zero-order valence-electron chi connectivity index (χ0n) is 42.4. The van der Waals surface area contributed by atoms with Gasteiger partial charge in [0.25, 0.3) is 0 Å². The minimum atomic E-state index is -0.767. The predicted molar refractivity (Wildman–Crippen MR) is 270 cm³/mol. The highest BCUT2D eigenvalue weighted by atomic mass is 16.6. The third-order valence-electron chi connectivity index (χ3n) is 12.4. The SMILES string of the molecule is CCCCCCCC/C=C\CCCCCCCCCCCC(=O)OC(COC(=O)CCCCCCC)COC(=O)CCCCCCCCCCC/C=C\CCCCCCCCCC. The smallest absolute Gasteiger partial charge is 0.306 e. The van der Waals surface area contributed by atoms with E-state index in [2.05, 4.69) is 45.1 Å². The quantitative estimate of drug-likeness (QED) is 0.0262. The molecule has 0 aromatic heterocycles. The van der Waals surface area contributed by atoms with Crippen molar-refractivity contribution in [2.24, 2.45) is 0 Å². The molecule has 0 radical (unpaired) electrons. The molecule has 0 N–H and O–H groups in total. The molecule has 0 saturated carbocycles. The number of carbonyl (C=O) groups is 3. The first kappa shape index (κ1) is 60.9. The highest BCUT2D eigenvalue weighted by Gasteiger charge is 2.19. The summed E-state index contributed by atoms with van der Waals surface area (Å²) < 4.78 is 16.7. The summed E-state index contributed by atoms with van der Waals surface area (Å²) in [6.45, 7) is 6.58. The molecule has 0 spiro atoms. The number of unbranched alkanes of at least 4 members (excludes halogenated alkanes) is 36. The summed E-state index contributed by atoms with van der Waals surface area (Å²) in [5, 5.41) is 0. The van der Waals surface area contributed by atoms with E-state index in [1.165, 1.54) is 199 Å². The predicted octanol–water partition coefficient (Wildman–Crippen LogP) is 18.3. The normalized spacial score (nSPS) is 12.1. The zero-order valence-corrected chi connectivity index (χ0v) is 42.4. The summed E-state index contributed by atoms with van der Waals surface area (Å²) in [7, 11) is 0. The first-order valence-electron chi connectivity index (χ1n) is 27.8. The molecule has 0 aliphatic carbocycles. The standard InChI is InChI=1S/C57H106O6/c1-4-7-10-13-15-17-19-21-23-25-27-28-30-31-33-35-37-39-41-44-47-50-56(59)62-53-54(52-61-55(58)49-46-43-12-9-6-3)63-57(60)51-48-45-42-40-38-36-34-32-29-26-24-22-20-18-16-14-11-8-5-2/h22,24-25,27,54H,4-21,23,26,28-53H2,1-3H3/b24-22-,27-25-. The average Bonchev–Trinajstić information content (AvgIpc) is 3.28. The second-order valence-electron chi connectivity index (χ2n) is 18.8. The van der Waals surface area contributed by atoms with Gasteiger partial charge in [0.2, 0.25) is 0 Å². The van der Waals surface area contributed by atoms with Gasteiger partial charge in [-0.25, -0.2) is 0 Å². The fourth-order valence-electron chi connectivity index (χ4n) is 8.20. The van der Waals surface area contributed by atoms with Crippen LogP contribution >= 0.6 is 0 Å². The van der Waals surface area contributed by atoms with Crippen LogP contribution in [0.25, 0.3) is 0 Å². The van der Waals surface area contributed by atoms with Crippen molar-refractivity contribution in [3.8, 4) is 0 Å². The number of ether oxygens (including phenoxy) is 3. The van der Waals surface area contributed by atoms with E-state index in [1.807, 2.05) is 0 Å². The van der Waals surface area contributed by atoms with Crippen LogP contribution in [0.5, 0.6) is 0 Å². The van der Waals surface area contributed by atoms with Crippen LogP contribution in [0, 0.1) is 0 Å². The molecule has 0 bridgehead atoms. The molecule has 0 heterocycles. The van der Waals surface area contributed by atoms with E-state index in [4.69, 9.17) is 14.2 Å². The van der Waals surface area contributed by atoms with Gasteiger partial charge in [-0.15, -0.1) is 0 Å². The van der Waals surface area contributed by atoms with Crippen LogP contribution in [-0.4, -0.2) is 37.2 Å². The lowest BCUT2D eigenvalue weighted by molar-refractivity contribution is -0.167. The second-order valence-corrected chi connectivity index (χ2v) is 18.8. The summed E-state index contributed by atoms with van der Waals surface area (Å²) in [5.41, 5.74) is 0. The van der Waals surface area contributed by atoms with Gasteiger partial charge >= 0.3 is 17.9 Å². The van der Waals surface area contributed by atoms with Crippen molar-refractivity contribution in [1.82, 2.24) is 0 Å². The maximum Gasteiger partial charge on any atom is 0.306 e. The van der Waals surface area contributed by atoms with E-state index < -0.39 is 6.10 Å². The van der Waals surface area contributed by atoms with Gasteiger partial charge in [0.15, 0.2) is 6.10 Å². The maximum absolute atomic E-state index is 12.8. The summed E-state index contributed by atoms with van der Waals surface area (Å²) >= 11 is 0. The van der Waals surface area contributed by atoms with E-state index in [0.29, 0.717) is 19.3 Å². The van der Waals surface area contributed by atoms with Gasteiger partial charge in [-0.2, -0.15) is 0 Å². The third kappa shape index (κ3) is 50.7. The van der Waals surface area contributed by atoms with Crippen LogP contribution in [-0.2, 0) is 28.6 Å². The highest BCUT2D eigenvalue weighted by Crippen LogP contribution is 2.16. The second kappa shape index (κ2) is 52.5. The van der Waals surface area contributed by atoms with Gasteiger partial charge in [0.1, 0.15) is 13.2 Å². The van der Waals surface area contributed by atoms with Crippen molar-refractivity contribution >= 4 is 17.9 Å². The first-order valence-corrected chi connectivity index (χ1v) is 27.8. The lowest BCUT2D eigenvalue weighted by Crippen LogP contribution is -2.30. The molecule has 0 aromatic carbocycles. The van der Waals surface area contributed by atoms with Crippen LogP contribution in [0.2, 0.25) is 0 Å². The van der Waals surface area contributed by atoms with Crippen LogP contribution in [0.1, 0.15) is 303 Å². The Hall–Kier alpha value is -2.11. The number of carbonyl (C=O) groups excluding carboxylic acids is 3. The molecule has 6 nitrogen and oxygen atoms in total. The molecular weight excluding hydrogens is 781 g/mol. The van der Waals surface area contributed by atoms with Gasteiger partial charge in [-0.05, 0) is 70.6 Å². The molecule has 0 aromatic rings. The molecule has 0 fully saturated rings. The van der Waals surface area contributed by atoms with Crippen molar-refractivity contribution in [2.75, 3.05) is 13.2 Å². The lowest BCUT2D eigenvalue weighted by atomic mass is 10.1. The molecule has 370 valence electrons. The molecule has 0 aliphatic rings. The number of allylic oxidation sites excluding steroid dienone is 4. The van der Waals surface area contributed by atoms with Crippen molar-refractivity contribution in [1.29, 1.82) is 0 Å². The monoisotopic (exact) mass is 887 g/mol. The van der Waals surface area contributed by atoms with Gasteiger partial charge in [-0.1, -0.05) is 238 Å². The van der Waals surface area contributed by atoms with Crippen molar-refractivity contribution in [3.05, 3.63) is 24.3 Å². The van der Waals surface area contributed by atoms with E-state index in [1.54, 1.807) is 0 Å². The zero-order chi connectivity index (χ0) is 45.8. The molecule has 0 saturated heterocycles. The fraction of sp³-hybridized carbons (Fsp3) is 0.877. The Labute approximate surface area is 392 Å². The average molecular weight is 887 g/mol. The highest BCUT2D eigenvalue weighted by molar-refractivity contribution is 5.71. The first-order chi connectivity index (χ1) is 31.0. The van der Waals surface area contributed by atoms with E-state index in [-0.39, 0.29) is 31.1 Å². The number of esters is 3. The van der Waals surface area contributed by atoms with Gasteiger partial charge in [-0.3, -0.25) is 14.4 Å². The minimum absolute atomic E-state index is 0.0706. The molecule has 1 unspecified atom stereocenters. The Morgan fingerprint density at radius 1 is 0.302 bits per heavy atom. The molecule has 63 heavy (non-hydrogen) atoms. The molecule has 0 aliphatic heterocycles. The van der Waals surface area contributed by atoms with Gasteiger partial charge in [0, 0.05) is 19.3 Å². The molecule has 0 rings (SSSR count). The van der Waals surface area contributed by atoms with Crippen LogP contribution in [0.4, 0.5) is 0 Å². The summed E-state index contributed by atoms with van der Waals surface area (Å²) in [6.07, 6.45) is 60.7. The Bertz CT molecular complexity index is 1020.